The first-order chi connectivity index (χ1) is 16.7. The lowest BCUT2D eigenvalue weighted by Gasteiger charge is -2.29. The molecule has 1 N–H and O–H groups in total. The van der Waals surface area contributed by atoms with Crippen molar-refractivity contribution in [1.82, 2.24) is 10.5 Å². The molecule has 4 rings (SSSR count). The van der Waals surface area contributed by atoms with E-state index >= 15 is 0 Å². The summed E-state index contributed by atoms with van der Waals surface area (Å²) in [5, 5.41) is 7.07. The molecule has 2 aromatic carbocycles. The van der Waals surface area contributed by atoms with Gasteiger partial charge in [0.25, 0.3) is 5.91 Å². The van der Waals surface area contributed by atoms with Crippen molar-refractivity contribution in [2.24, 2.45) is 5.92 Å². The van der Waals surface area contributed by atoms with Gasteiger partial charge in [0, 0.05) is 6.04 Å². The number of amides is 1. The number of aryl methyl sites for hydroxylation is 1. The van der Waals surface area contributed by atoms with Crippen LogP contribution >= 0.6 is 11.6 Å². The van der Waals surface area contributed by atoms with Crippen LogP contribution in [-0.2, 0) is 15.6 Å². The molecule has 35 heavy (non-hydrogen) atoms. The Morgan fingerprint density at radius 2 is 1.94 bits per heavy atom. The summed E-state index contributed by atoms with van der Waals surface area (Å²) in [6.07, 6.45) is 3.86. The molecule has 1 amide bonds. The molecule has 1 heterocycles. The van der Waals surface area contributed by atoms with E-state index < -0.39 is 21.6 Å². The van der Waals surface area contributed by atoms with Crippen LogP contribution in [0.5, 0.6) is 0 Å². The zero-order valence-electron chi connectivity index (χ0n) is 19.5. The van der Waals surface area contributed by atoms with E-state index in [0.717, 1.165) is 24.8 Å². The molecule has 6 nitrogen and oxygen atoms in total. The third-order valence-electron chi connectivity index (χ3n) is 6.47. The number of carbonyl (C=O) groups excluding carboxylic acids is 1. The Labute approximate surface area is 209 Å². The standard InChI is InChI=1S/C26H28ClFN2O4S/c1-17-23(25(30-34-17)24-21(27)11-6-12-22(24)28)26(31)29-20-10-5-9-18(15-20)13-14-35(32,33)16-19-7-3-2-4-8-19/h2-4,6-8,11-12,18,20H,5,9-10,13-16H2,1H3,(H,29,31)/t18-,20-/m0/s1. The highest BCUT2D eigenvalue weighted by atomic mass is 35.5. The van der Waals surface area contributed by atoms with Gasteiger partial charge in [-0.1, -0.05) is 66.0 Å². The van der Waals surface area contributed by atoms with Crippen molar-refractivity contribution in [1.29, 1.82) is 0 Å². The summed E-state index contributed by atoms with van der Waals surface area (Å²) in [6.45, 7) is 1.60. The van der Waals surface area contributed by atoms with Gasteiger partial charge in [0.15, 0.2) is 9.84 Å². The highest BCUT2D eigenvalue weighted by Crippen LogP contribution is 2.34. The Morgan fingerprint density at radius 3 is 2.69 bits per heavy atom. The largest absolute Gasteiger partial charge is 0.360 e. The molecular formula is C26H28ClFN2O4S. The third-order valence-corrected chi connectivity index (χ3v) is 8.42. The van der Waals surface area contributed by atoms with E-state index in [9.17, 15) is 17.6 Å². The molecule has 0 bridgehead atoms. The molecule has 9 heteroatoms. The van der Waals surface area contributed by atoms with Crippen LogP contribution in [0.25, 0.3) is 11.3 Å². The van der Waals surface area contributed by atoms with Gasteiger partial charge in [-0.05, 0) is 49.8 Å². The highest BCUT2D eigenvalue weighted by Gasteiger charge is 2.29. The fraction of sp³-hybridized carbons (Fsp3) is 0.385. The number of hydrogen-bond donors (Lipinski definition) is 1. The van der Waals surface area contributed by atoms with Crippen LogP contribution in [0.4, 0.5) is 4.39 Å². The molecule has 0 spiro atoms. The van der Waals surface area contributed by atoms with Gasteiger partial charge in [-0.25, -0.2) is 12.8 Å². The number of rotatable bonds is 8. The molecule has 1 aliphatic rings. The van der Waals surface area contributed by atoms with Gasteiger partial charge >= 0.3 is 0 Å². The van der Waals surface area contributed by atoms with E-state index in [2.05, 4.69) is 10.5 Å². The van der Waals surface area contributed by atoms with Gasteiger partial charge < -0.3 is 9.84 Å². The smallest absolute Gasteiger partial charge is 0.257 e. The Hall–Kier alpha value is -2.71. The van der Waals surface area contributed by atoms with Crippen molar-refractivity contribution < 1.29 is 22.1 Å². The number of hydrogen-bond acceptors (Lipinski definition) is 5. The van der Waals surface area contributed by atoms with Crippen molar-refractivity contribution in [3.8, 4) is 11.3 Å². The second-order valence-electron chi connectivity index (χ2n) is 9.13. The number of nitrogens with one attached hydrogen (secondary N) is 1. The van der Waals surface area contributed by atoms with E-state index in [1.165, 1.54) is 18.2 Å². The summed E-state index contributed by atoms with van der Waals surface area (Å²) in [5.74, 6) is -0.363. The van der Waals surface area contributed by atoms with Gasteiger partial charge in [-0.2, -0.15) is 0 Å². The van der Waals surface area contributed by atoms with Gasteiger partial charge in [-0.15, -0.1) is 0 Å². The van der Waals surface area contributed by atoms with E-state index in [0.29, 0.717) is 12.8 Å². The predicted molar refractivity (Wildman–Crippen MR) is 133 cm³/mol. The monoisotopic (exact) mass is 518 g/mol. The van der Waals surface area contributed by atoms with Gasteiger partial charge in [0.2, 0.25) is 0 Å². The lowest BCUT2D eigenvalue weighted by Crippen LogP contribution is -2.39. The maximum Gasteiger partial charge on any atom is 0.257 e. The molecule has 3 aromatic rings. The number of sulfone groups is 1. The second kappa shape index (κ2) is 10.9. The highest BCUT2D eigenvalue weighted by molar-refractivity contribution is 7.90. The lowest BCUT2D eigenvalue weighted by atomic mass is 9.84. The number of benzene rings is 2. The zero-order chi connectivity index (χ0) is 25.0. The average molecular weight is 519 g/mol. The van der Waals surface area contributed by atoms with Crippen LogP contribution in [0.15, 0.2) is 53.1 Å². The topological polar surface area (TPSA) is 89.3 Å². The van der Waals surface area contributed by atoms with E-state index in [1.807, 2.05) is 30.3 Å². The quantitative estimate of drug-likeness (QED) is 0.411. The first-order valence-corrected chi connectivity index (χ1v) is 13.9. The molecule has 0 aliphatic heterocycles. The van der Waals surface area contributed by atoms with Crippen molar-refractivity contribution in [2.45, 2.75) is 50.8 Å². The molecule has 1 saturated carbocycles. The summed E-state index contributed by atoms with van der Waals surface area (Å²) in [5.41, 5.74) is 1.05. The number of aromatic nitrogens is 1. The van der Waals surface area contributed by atoms with Crippen molar-refractivity contribution in [2.75, 3.05) is 5.75 Å². The molecule has 0 saturated heterocycles. The Kier molecular flexibility index (Phi) is 7.91. The van der Waals surface area contributed by atoms with Crippen LogP contribution < -0.4 is 5.32 Å². The zero-order valence-corrected chi connectivity index (χ0v) is 21.0. The lowest BCUT2D eigenvalue weighted by molar-refractivity contribution is 0.0918. The van der Waals surface area contributed by atoms with Gasteiger partial charge in [-0.3, -0.25) is 4.79 Å². The van der Waals surface area contributed by atoms with Crippen LogP contribution in [0.1, 0.15) is 53.8 Å². The molecule has 0 unspecified atom stereocenters. The molecular weight excluding hydrogens is 491 g/mol. The minimum atomic E-state index is -3.22. The predicted octanol–water partition coefficient (Wildman–Crippen LogP) is 5.74. The van der Waals surface area contributed by atoms with E-state index in [4.69, 9.17) is 16.1 Å². The molecule has 1 fully saturated rings. The summed E-state index contributed by atoms with van der Waals surface area (Å²) in [6, 6.07) is 13.3. The number of nitrogens with zero attached hydrogens (tertiary/aromatic N) is 1. The normalized spacial score (nSPS) is 18.4. The molecule has 186 valence electrons. The average Bonchev–Trinajstić information content (AvgIpc) is 3.19. The maximum atomic E-state index is 14.5. The maximum absolute atomic E-state index is 14.5. The Bertz CT molecular complexity index is 1270. The third kappa shape index (κ3) is 6.30. The number of halogens is 2. The van der Waals surface area contributed by atoms with Crippen LogP contribution in [0.2, 0.25) is 5.02 Å². The molecule has 1 aromatic heterocycles. The molecule has 0 radical (unpaired) electrons. The fourth-order valence-corrected chi connectivity index (χ4v) is 6.51. The first kappa shape index (κ1) is 25.4. The summed E-state index contributed by atoms with van der Waals surface area (Å²) in [7, 11) is -3.22. The molecule has 2 atom stereocenters. The molecule has 1 aliphatic carbocycles. The van der Waals surface area contributed by atoms with Crippen LogP contribution in [0.3, 0.4) is 0 Å². The summed E-state index contributed by atoms with van der Waals surface area (Å²) in [4.78, 5) is 13.2. The van der Waals surface area contributed by atoms with Crippen molar-refractivity contribution >= 4 is 27.3 Å². The first-order valence-electron chi connectivity index (χ1n) is 11.7. The summed E-state index contributed by atoms with van der Waals surface area (Å²) >= 11 is 6.18. The van der Waals surface area contributed by atoms with E-state index in [-0.39, 0.29) is 51.1 Å². The van der Waals surface area contributed by atoms with Gasteiger partial charge in [0.1, 0.15) is 22.8 Å². The summed E-state index contributed by atoms with van der Waals surface area (Å²) < 4.78 is 44.9. The van der Waals surface area contributed by atoms with Crippen LogP contribution in [0, 0.1) is 18.7 Å². The number of carbonyl (C=O) groups is 1. The van der Waals surface area contributed by atoms with Crippen molar-refractivity contribution in [3.63, 3.8) is 0 Å². The SMILES string of the molecule is Cc1onc(-c2c(F)cccc2Cl)c1C(=O)N[C@H]1CCC[C@@H](CCS(=O)(=O)Cc2ccccc2)C1. The minimum Gasteiger partial charge on any atom is -0.360 e. The van der Waals surface area contributed by atoms with Gasteiger partial charge in [0.05, 0.1) is 22.1 Å². The fourth-order valence-electron chi connectivity index (χ4n) is 4.72. The van der Waals surface area contributed by atoms with Crippen LogP contribution in [-0.4, -0.2) is 31.3 Å². The van der Waals surface area contributed by atoms with Crippen molar-refractivity contribution in [3.05, 3.63) is 76.3 Å². The Balaban J connectivity index is 1.39. The second-order valence-corrected chi connectivity index (χ2v) is 11.7. The minimum absolute atomic E-state index is 0.0290. The van der Waals surface area contributed by atoms with E-state index in [1.54, 1.807) is 6.92 Å². The Morgan fingerprint density at radius 1 is 1.17 bits per heavy atom.